The van der Waals surface area contributed by atoms with E-state index >= 15 is 0 Å². The van der Waals surface area contributed by atoms with E-state index in [9.17, 15) is 13.2 Å². The molecule has 6 nitrogen and oxygen atoms in total. The first-order valence-corrected chi connectivity index (χ1v) is 11.1. The van der Waals surface area contributed by atoms with Crippen LogP contribution in [0.5, 0.6) is 5.75 Å². The Hall–Kier alpha value is -2.54. The van der Waals surface area contributed by atoms with Crippen LogP contribution in [0, 0.1) is 13.8 Å². The summed E-state index contributed by atoms with van der Waals surface area (Å²) in [6.07, 6.45) is 1.82. The number of aryl methyl sites for hydroxylation is 2. The number of hydrogen-bond acceptors (Lipinski definition) is 4. The molecule has 0 radical (unpaired) electrons. The quantitative estimate of drug-likeness (QED) is 0.688. The van der Waals surface area contributed by atoms with Gasteiger partial charge in [-0.15, -0.1) is 0 Å². The molecule has 0 atom stereocenters. The molecular weight excluding hydrogens is 376 g/mol. The molecule has 0 spiro atoms. The molecule has 0 aromatic heterocycles. The van der Waals surface area contributed by atoms with Gasteiger partial charge in [0.1, 0.15) is 5.75 Å². The minimum Gasteiger partial charge on any atom is -0.494 e. The van der Waals surface area contributed by atoms with Crippen molar-refractivity contribution >= 4 is 27.3 Å². The van der Waals surface area contributed by atoms with E-state index in [1.54, 1.807) is 12.1 Å². The Bertz CT molecular complexity index is 906. The fourth-order valence-corrected chi connectivity index (χ4v) is 3.97. The van der Waals surface area contributed by atoms with Crippen LogP contribution in [0.25, 0.3) is 0 Å². The summed E-state index contributed by atoms with van der Waals surface area (Å²) in [5.74, 6) is 0.529. The molecule has 0 saturated heterocycles. The standard InChI is InChI=1S/C21H28N2O4S/c1-5-27-20-9-6-8-18(15-20)22-21(24)10-7-11-23(28(4,25)26)19-13-16(2)12-17(3)14-19/h6,8-9,12-15H,5,7,10-11H2,1-4H3,(H,22,24). The highest BCUT2D eigenvalue weighted by atomic mass is 32.2. The van der Waals surface area contributed by atoms with E-state index in [0.717, 1.165) is 11.1 Å². The Morgan fingerprint density at radius 1 is 1.11 bits per heavy atom. The lowest BCUT2D eigenvalue weighted by Crippen LogP contribution is -2.31. The van der Waals surface area contributed by atoms with E-state index in [2.05, 4.69) is 5.32 Å². The van der Waals surface area contributed by atoms with Crippen molar-refractivity contribution in [3.05, 3.63) is 53.6 Å². The first kappa shape index (κ1) is 21.8. The average Bonchev–Trinajstić information content (AvgIpc) is 2.57. The molecule has 1 N–H and O–H groups in total. The number of carbonyl (C=O) groups excluding carboxylic acids is 1. The molecule has 2 rings (SSSR count). The number of hydrogen-bond donors (Lipinski definition) is 1. The van der Waals surface area contributed by atoms with E-state index in [0.29, 0.717) is 30.2 Å². The molecule has 2 aromatic rings. The van der Waals surface area contributed by atoms with Crippen molar-refractivity contribution in [2.24, 2.45) is 0 Å². The number of benzene rings is 2. The van der Waals surface area contributed by atoms with Crippen LogP contribution in [0.4, 0.5) is 11.4 Å². The smallest absolute Gasteiger partial charge is 0.232 e. The van der Waals surface area contributed by atoms with Gasteiger partial charge < -0.3 is 10.1 Å². The molecule has 0 aliphatic heterocycles. The molecule has 28 heavy (non-hydrogen) atoms. The Kier molecular flexibility index (Phi) is 7.45. The zero-order chi connectivity index (χ0) is 20.7. The van der Waals surface area contributed by atoms with Gasteiger partial charge in [-0.2, -0.15) is 0 Å². The van der Waals surface area contributed by atoms with Gasteiger partial charge in [0.05, 0.1) is 18.6 Å². The van der Waals surface area contributed by atoms with Crippen molar-refractivity contribution in [3.8, 4) is 5.75 Å². The number of ether oxygens (including phenoxy) is 1. The highest BCUT2D eigenvalue weighted by Gasteiger charge is 2.18. The molecule has 0 fully saturated rings. The fraction of sp³-hybridized carbons (Fsp3) is 0.381. The third-order valence-electron chi connectivity index (χ3n) is 4.09. The second-order valence-electron chi connectivity index (χ2n) is 6.79. The molecule has 0 bridgehead atoms. The van der Waals surface area contributed by atoms with Crippen molar-refractivity contribution in [2.75, 3.05) is 29.0 Å². The van der Waals surface area contributed by atoms with Gasteiger partial charge in [-0.05, 0) is 62.6 Å². The Morgan fingerprint density at radius 3 is 2.39 bits per heavy atom. The van der Waals surface area contributed by atoms with E-state index in [4.69, 9.17) is 4.74 Å². The topological polar surface area (TPSA) is 75.7 Å². The van der Waals surface area contributed by atoms with E-state index in [-0.39, 0.29) is 18.9 Å². The van der Waals surface area contributed by atoms with Gasteiger partial charge in [-0.3, -0.25) is 9.10 Å². The molecule has 152 valence electrons. The largest absolute Gasteiger partial charge is 0.494 e. The molecule has 2 aromatic carbocycles. The van der Waals surface area contributed by atoms with E-state index in [1.165, 1.54) is 10.6 Å². The van der Waals surface area contributed by atoms with Crippen molar-refractivity contribution in [1.82, 2.24) is 0 Å². The van der Waals surface area contributed by atoms with Crippen molar-refractivity contribution in [2.45, 2.75) is 33.6 Å². The minimum atomic E-state index is -3.44. The van der Waals surface area contributed by atoms with Crippen LogP contribution in [-0.2, 0) is 14.8 Å². The number of nitrogens with zero attached hydrogens (tertiary/aromatic N) is 1. The molecular formula is C21H28N2O4S. The van der Waals surface area contributed by atoms with Crippen LogP contribution in [-0.4, -0.2) is 33.7 Å². The summed E-state index contributed by atoms with van der Waals surface area (Å²) in [6, 6.07) is 12.9. The first-order valence-electron chi connectivity index (χ1n) is 9.27. The maximum atomic E-state index is 12.2. The van der Waals surface area contributed by atoms with Crippen LogP contribution in [0.1, 0.15) is 30.9 Å². The van der Waals surface area contributed by atoms with E-state index < -0.39 is 10.0 Å². The monoisotopic (exact) mass is 404 g/mol. The third-order valence-corrected chi connectivity index (χ3v) is 5.28. The summed E-state index contributed by atoms with van der Waals surface area (Å²) in [4.78, 5) is 12.2. The number of amides is 1. The maximum absolute atomic E-state index is 12.2. The van der Waals surface area contributed by atoms with Crippen LogP contribution < -0.4 is 14.4 Å². The first-order chi connectivity index (χ1) is 13.2. The van der Waals surface area contributed by atoms with Gasteiger partial charge in [0.15, 0.2) is 0 Å². The lowest BCUT2D eigenvalue weighted by molar-refractivity contribution is -0.116. The van der Waals surface area contributed by atoms with Gasteiger partial charge in [-0.25, -0.2) is 8.42 Å². The zero-order valence-corrected chi connectivity index (χ0v) is 17.7. The average molecular weight is 405 g/mol. The van der Waals surface area contributed by atoms with Crippen LogP contribution in [0.2, 0.25) is 0 Å². The number of sulfonamides is 1. The van der Waals surface area contributed by atoms with Crippen molar-refractivity contribution < 1.29 is 17.9 Å². The minimum absolute atomic E-state index is 0.164. The molecule has 7 heteroatoms. The number of carbonyl (C=O) groups is 1. The molecule has 0 unspecified atom stereocenters. The highest BCUT2D eigenvalue weighted by molar-refractivity contribution is 7.92. The molecule has 0 saturated carbocycles. The normalized spacial score (nSPS) is 11.1. The van der Waals surface area contributed by atoms with Crippen LogP contribution >= 0.6 is 0 Å². The zero-order valence-electron chi connectivity index (χ0n) is 16.9. The Labute approximate surface area is 167 Å². The SMILES string of the molecule is CCOc1cccc(NC(=O)CCCN(c2cc(C)cc(C)c2)S(C)(=O)=O)c1. The van der Waals surface area contributed by atoms with Gasteiger partial charge in [-0.1, -0.05) is 12.1 Å². The molecule has 1 amide bonds. The molecule has 0 heterocycles. The summed E-state index contributed by atoms with van der Waals surface area (Å²) in [6.45, 7) is 6.56. The Balaban J connectivity index is 1.98. The molecule has 0 aliphatic rings. The Morgan fingerprint density at radius 2 is 1.79 bits per heavy atom. The second-order valence-corrected chi connectivity index (χ2v) is 8.70. The molecule has 0 aliphatic carbocycles. The number of nitrogens with one attached hydrogen (secondary N) is 1. The summed E-state index contributed by atoms with van der Waals surface area (Å²) >= 11 is 0. The number of anilines is 2. The second kappa shape index (κ2) is 9.59. The lowest BCUT2D eigenvalue weighted by Gasteiger charge is -2.23. The predicted molar refractivity (Wildman–Crippen MR) is 114 cm³/mol. The van der Waals surface area contributed by atoms with Gasteiger partial charge in [0, 0.05) is 24.7 Å². The summed E-state index contributed by atoms with van der Waals surface area (Å²) in [7, 11) is -3.44. The lowest BCUT2D eigenvalue weighted by atomic mass is 10.1. The van der Waals surface area contributed by atoms with Gasteiger partial charge >= 0.3 is 0 Å². The van der Waals surface area contributed by atoms with Gasteiger partial charge in [0.2, 0.25) is 15.9 Å². The number of rotatable bonds is 9. The van der Waals surface area contributed by atoms with Crippen molar-refractivity contribution in [3.63, 3.8) is 0 Å². The van der Waals surface area contributed by atoms with Gasteiger partial charge in [0.25, 0.3) is 0 Å². The highest BCUT2D eigenvalue weighted by Crippen LogP contribution is 2.22. The maximum Gasteiger partial charge on any atom is 0.232 e. The van der Waals surface area contributed by atoms with Crippen molar-refractivity contribution in [1.29, 1.82) is 0 Å². The third kappa shape index (κ3) is 6.56. The fourth-order valence-electron chi connectivity index (χ4n) is 3.02. The summed E-state index contributed by atoms with van der Waals surface area (Å²) < 4.78 is 31.2. The summed E-state index contributed by atoms with van der Waals surface area (Å²) in [5.41, 5.74) is 3.28. The predicted octanol–water partition coefficient (Wildman–Crippen LogP) is 3.89. The van der Waals surface area contributed by atoms with E-state index in [1.807, 2.05) is 51.1 Å². The van der Waals surface area contributed by atoms with Crippen LogP contribution in [0.15, 0.2) is 42.5 Å². The summed E-state index contributed by atoms with van der Waals surface area (Å²) in [5, 5.41) is 2.82. The van der Waals surface area contributed by atoms with Crippen LogP contribution in [0.3, 0.4) is 0 Å².